The lowest BCUT2D eigenvalue weighted by Crippen LogP contribution is -2.05. The minimum absolute atomic E-state index is 0.327. The van der Waals surface area contributed by atoms with Crippen molar-refractivity contribution < 1.29 is 9.53 Å². The number of aromatic nitrogens is 2. The molecule has 0 atom stereocenters. The van der Waals surface area contributed by atoms with Gasteiger partial charge in [0.2, 0.25) is 0 Å². The van der Waals surface area contributed by atoms with Gasteiger partial charge in [0.1, 0.15) is 5.52 Å². The van der Waals surface area contributed by atoms with E-state index in [9.17, 15) is 4.79 Å². The first-order chi connectivity index (χ1) is 14.5. The molecular weight excluding hydrogens is 374 g/mol. The average Bonchev–Trinajstić information content (AvgIpc) is 2.72. The van der Waals surface area contributed by atoms with Crippen LogP contribution in [0.4, 0.5) is 5.82 Å². The van der Waals surface area contributed by atoms with E-state index in [1.165, 1.54) is 0 Å². The molecule has 0 unspecified atom stereocenters. The number of ether oxygens (including phenoxy) is 1. The number of carbonyl (C=O) groups is 1. The molecule has 0 amide bonds. The summed E-state index contributed by atoms with van der Waals surface area (Å²) in [4.78, 5) is 20.9. The van der Waals surface area contributed by atoms with Gasteiger partial charge in [0, 0.05) is 28.1 Å². The van der Waals surface area contributed by atoms with Gasteiger partial charge in [-0.05, 0) is 62.2 Å². The van der Waals surface area contributed by atoms with Gasteiger partial charge in [-0.15, -0.1) is 0 Å². The molecule has 0 saturated heterocycles. The molecule has 2 N–H and O–H groups in total. The summed E-state index contributed by atoms with van der Waals surface area (Å²) in [7, 11) is 0. The van der Waals surface area contributed by atoms with Crippen LogP contribution in [0.15, 0.2) is 48.7 Å². The SMILES string of the molecule is CCOC(=O)c1ccc(C#Cc2cnc3c(N)nc4cc(C)ccc4c3c2)c(C)c1. The Morgan fingerprint density at radius 1 is 1.07 bits per heavy atom. The average molecular weight is 395 g/mol. The first kappa shape index (κ1) is 19.4. The van der Waals surface area contributed by atoms with E-state index in [2.05, 4.69) is 21.8 Å². The number of carbonyl (C=O) groups excluding carboxylic acids is 1. The molecule has 148 valence electrons. The van der Waals surface area contributed by atoms with Crippen LogP contribution in [0.2, 0.25) is 0 Å². The van der Waals surface area contributed by atoms with Crippen LogP contribution in [0.25, 0.3) is 21.8 Å². The summed E-state index contributed by atoms with van der Waals surface area (Å²) in [6.07, 6.45) is 1.70. The number of nitrogens with two attached hydrogens (primary N) is 1. The lowest BCUT2D eigenvalue weighted by molar-refractivity contribution is 0.0526. The first-order valence-electron chi connectivity index (χ1n) is 9.71. The van der Waals surface area contributed by atoms with E-state index in [-0.39, 0.29) is 5.97 Å². The van der Waals surface area contributed by atoms with Gasteiger partial charge in [0.05, 0.1) is 17.7 Å². The van der Waals surface area contributed by atoms with Crippen LogP contribution in [0.3, 0.4) is 0 Å². The van der Waals surface area contributed by atoms with Crippen LogP contribution in [-0.4, -0.2) is 22.5 Å². The summed E-state index contributed by atoms with van der Waals surface area (Å²) in [6, 6.07) is 13.5. The van der Waals surface area contributed by atoms with Crippen molar-refractivity contribution in [3.63, 3.8) is 0 Å². The number of anilines is 1. The minimum Gasteiger partial charge on any atom is -0.462 e. The second-order valence-corrected chi connectivity index (χ2v) is 7.14. The standard InChI is InChI=1S/C25H21N3O2/c1-4-30-25(29)19-9-8-18(16(3)12-19)7-6-17-13-21-20-10-5-15(2)11-22(20)28-24(26)23(21)27-14-17/h5,8-14H,4H2,1-3H3,(H2,26,28). The molecule has 0 bridgehead atoms. The van der Waals surface area contributed by atoms with Crippen molar-refractivity contribution in [1.82, 2.24) is 9.97 Å². The Bertz CT molecular complexity index is 1360. The molecule has 0 fully saturated rings. The van der Waals surface area contributed by atoms with Gasteiger partial charge < -0.3 is 10.5 Å². The van der Waals surface area contributed by atoms with E-state index < -0.39 is 0 Å². The summed E-state index contributed by atoms with van der Waals surface area (Å²) in [6.45, 7) is 6.09. The summed E-state index contributed by atoms with van der Waals surface area (Å²) in [5, 5.41) is 1.93. The third-order valence-corrected chi connectivity index (χ3v) is 4.89. The Labute approximate surface area is 174 Å². The second-order valence-electron chi connectivity index (χ2n) is 7.14. The Morgan fingerprint density at radius 2 is 1.90 bits per heavy atom. The number of esters is 1. The molecule has 2 heterocycles. The first-order valence-corrected chi connectivity index (χ1v) is 9.71. The summed E-state index contributed by atoms with van der Waals surface area (Å²) in [5.74, 6) is 6.43. The third-order valence-electron chi connectivity index (χ3n) is 4.89. The third kappa shape index (κ3) is 3.68. The smallest absolute Gasteiger partial charge is 0.338 e. The molecule has 0 aliphatic rings. The lowest BCUT2D eigenvalue weighted by atomic mass is 10.0. The monoisotopic (exact) mass is 395 g/mol. The fourth-order valence-corrected chi connectivity index (χ4v) is 3.37. The van der Waals surface area contributed by atoms with Crippen molar-refractivity contribution in [2.75, 3.05) is 12.3 Å². The van der Waals surface area contributed by atoms with Crippen LogP contribution < -0.4 is 5.73 Å². The molecule has 2 aromatic heterocycles. The Balaban J connectivity index is 1.74. The van der Waals surface area contributed by atoms with Crippen LogP contribution >= 0.6 is 0 Å². The van der Waals surface area contributed by atoms with E-state index in [4.69, 9.17) is 10.5 Å². The molecule has 2 aromatic carbocycles. The molecule has 0 aliphatic heterocycles. The van der Waals surface area contributed by atoms with E-state index in [1.54, 1.807) is 25.3 Å². The molecule has 4 aromatic rings. The molecule has 30 heavy (non-hydrogen) atoms. The van der Waals surface area contributed by atoms with Gasteiger partial charge in [-0.25, -0.2) is 9.78 Å². The number of hydrogen-bond donors (Lipinski definition) is 1. The maximum absolute atomic E-state index is 11.9. The van der Waals surface area contributed by atoms with Gasteiger partial charge in [-0.3, -0.25) is 4.98 Å². The zero-order valence-corrected chi connectivity index (χ0v) is 17.1. The van der Waals surface area contributed by atoms with E-state index in [0.29, 0.717) is 23.5 Å². The van der Waals surface area contributed by atoms with Gasteiger partial charge in [0.15, 0.2) is 5.82 Å². The van der Waals surface area contributed by atoms with Crippen LogP contribution in [0, 0.1) is 25.7 Å². The van der Waals surface area contributed by atoms with Gasteiger partial charge in [0.25, 0.3) is 0 Å². The normalized spacial score (nSPS) is 10.6. The highest BCUT2D eigenvalue weighted by molar-refractivity contribution is 6.08. The Morgan fingerprint density at radius 3 is 2.67 bits per heavy atom. The highest BCUT2D eigenvalue weighted by Gasteiger charge is 2.09. The van der Waals surface area contributed by atoms with E-state index in [0.717, 1.165) is 38.5 Å². The van der Waals surface area contributed by atoms with Crippen LogP contribution in [-0.2, 0) is 4.74 Å². The number of rotatable bonds is 2. The van der Waals surface area contributed by atoms with Crippen molar-refractivity contribution in [1.29, 1.82) is 0 Å². The van der Waals surface area contributed by atoms with Crippen LogP contribution in [0.1, 0.15) is 39.5 Å². The number of pyridine rings is 2. The van der Waals surface area contributed by atoms with Crippen LogP contribution in [0.5, 0.6) is 0 Å². The minimum atomic E-state index is -0.327. The Kier molecular flexibility index (Phi) is 5.07. The predicted octanol–water partition coefficient (Wildman–Crippen LogP) is 4.56. The molecule has 0 aliphatic carbocycles. The fourth-order valence-electron chi connectivity index (χ4n) is 3.37. The van der Waals surface area contributed by atoms with Gasteiger partial charge in [-0.2, -0.15) is 0 Å². The molecule has 5 heteroatoms. The largest absolute Gasteiger partial charge is 0.462 e. The molecule has 5 nitrogen and oxygen atoms in total. The lowest BCUT2D eigenvalue weighted by Gasteiger charge is -2.07. The zero-order valence-electron chi connectivity index (χ0n) is 17.1. The number of hydrogen-bond acceptors (Lipinski definition) is 5. The molecule has 0 spiro atoms. The van der Waals surface area contributed by atoms with E-state index in [1.807, 2.05) is 44.2 Å². The highest BCUT2D eigenvalue weighted by Crippen LogP contribution is 2.27. The maximum Gasteiger partial charge on any atom is 0.338 e. The van der Waals surface area contributed by atoms with Gasteiger partial charge >= 0.3 is 5.97 Å². The zero-order chi connectivity index (χ0) is 21.3. The van der Waals surface area contributed by atoms with Crippen molar-refractivity contribution in [3.05, 3.63) is 76.5 Å². The second kappa shape index (κ2) is 7.84. The predicted molar refractivity (Wildman–Crippen MR) is 119 cm³/mol. The van der Waals surface area contributed by atoms with Crippen molar-refractivity contribution in [3.8, 4) is 11.8 Å². The summed E-state index contributed by atoms with van der Waals surface area (Å²) in [5.41, 5.74) is 11.8. The quantitative estimate of drug-likeness (QED) is 0.306. The Hall–Kier alpha value is -3.91. The highest BCUT2D eigenvalue weighted by atomic mass is 16.5. The summed E-state index contributed by atoms with van der Waals surface area (Å²) >= 11 is 0. The number of benzene rings is 2. The molecule has 0 saturated carbocycles. The number of nitrogens with zero attached hydrogens (tertiary/aromatic N) is 2. The summed E-state index contributed by atoms with van der Waals surface area (Å²) < 4.78 is 5.05. The molecular formula is C25H21N3O2. The van der Waals surface area contributed by atoms with Crippen molar-refractivity contribution >= 4 is 33.6 Å². The molecule has 4 rings (SSSR count). The molecule has 0 radical (unpaired) electrons. The van der Waals surface area contributed by atoms with Crippen molar-refractivity contribution in [2.24, 2.45) is 0 Å². The topological polar surface area (TPSA) is 78.1 Å². The number of fused-ring (bicyclic) bond motifs is 3. The van der Waals surface area contributed by atoms with E-state index >= 15 is 0 Å². The number of nitrogen functional groups attached to an aromatic ring is 1. The van der Waals surface area contributed by atoms with Crippen molar-refractivity contribution in [2.45, 2.75) is 20.8 Å². The van der Waals surface area contributed by atoms with Gasteiger partial charge in [-0.1, -0.05) is 24.0 Å². The number of aryl methyl sites for hydroxylation is 2. The fraction of sp³-hybridized carbons (Fsp3) is 0.160. The maximum atomic E-state index is 11.9.